The van der Waals surface area contributed by atoms with E-state index in [4.69, 9.17) is 0 Å². The van der Waals surface area contributed by atoms with Gasteiger partial charge in [-0.25, -0.2) is 0 Å². The van der Waals surface area contributed by atoms with Crippen molar-refractivity contribution in [3.8, 4) is 0 Å². The molecule has 0 saturated heterocycles. The molecule has 0 saturated carbocycles. The van der Waals surface area contributed by atoms with E-state index in [0.717, 1.165) is 11.5 Å². The second-order valence-corrected chi connectivity index (χ2v) is 6.32. The van der Waals surface area contributed by atoms with Crippen molar-refractivity contribution in [1.82, 2.24) is 9.88 Å². The van der Waals surface area contributed by atoms with Crippen LogP contribution in [-0.4, -0.2) is 40.4 Å². The Hall–Kier alpha value is -1.75. The number of hydrogen-bond donors (Lipinski definition) is 1. The Morgan fingerprint density at radius 3 is 2.67 bits per heavy atom. The topological polar surface area (TPSA) is 53.2 Å². The summed E-state index contributed by atoms with van der Waals surface area (Å²) in [5.41, 5.74) is 0.375. The molecular weight excluding hydrogens is 284 g/mol. The minimum Gasteiger partial charge on any atom is -0.338 e. The number of thioether (sulfide) groups is 1. The van der Waals surface area contributed by atoms with E-state index < -0.39 is 0 Å². The number of nitrogens with one attached hydrogen (secondary N) is 1. The molecule has 0 spiro atoms. The molecule has 0 radical (unpaired) electrons. The van der Waals surface area contributed by atoms with E-state index in [0.29, 0.717) is 16.3 Å². The first kappa shape index (κ1) is 15.6. The lowest BCUT2D eigenvalue weighted by Gasteiger charge is -2.25. The molecule has 112 valence electrons. The Bertz CT molecular complexity index is 696. The maximum atomic E-state index is 12.7. The van der Waals surface area contributed by atoms with E-state index in [9.17, 15) is 9.59 Å². The van der Waals surface area contributed by atoms with Crippen molar-refractivity contribution in [2.75, 3.05) is 18.6 Å². The predicted molar refractivity (Wildman–Crippen MR) is 89.1 cm³/mol. The fourth-order valence-electron chi connectivity index (χ4n) is 2.18. The van der Waals surface area contributed by atoms with Crippen molar-refractivity contribution in [2.24, 2.45) is 0 Å². The molecule has 1 heterocycles. The lowest BCUT2D eigenvalue weighted by atomic mass is 10.1. The molecule has 0 aliphatic carbocycles. The zero-order chi connectivity index (χ0) is 15.4. The molecule has 5 heteroatoms. The monoisotopic (exact) mass is 304 g/mol. The predicted octanol–water partition coefficient (Wildman–Crippen LogP) is 2.74. The Morgan fingerprint density at radius 2 is 2.00 bits per heavy atom. The first-order chi connectivity index (χ1) is 10.1. The Balaban J connectivity index is 2.36. The number of aromatic nitrogens is 1. The molecule has 0 bridgehead atoms. The molecule has 2 aromatic rings. The highest BCUT2D eigenvalue weighted by atomic mass is 32.2. The number of rotatable bonds is 5. The average Bonchev–Trinajstić information content (AvgIpc) is 2.52. The van der Waals surface area contributed by atoms with Crippen LogP contribution in [-0.2, 0) is 0 Å². The maximum Gasteiger partial charge on any atom is 0.255 e. The van der Waals surface area contributed by atoms with Gasteiger partial charge in [-0.3, -0.25) is 9.59 Å². The number of fused-ring (bicyclic) bond motifs is 1. The number of H-pyrrole nitrogens is 1. The molecule has 1 N–H and O–H groups in total. The summed E-state index contributed by atoms with van der Waals surface area (Å²) in [6.45, 7) is 4.14. The SMILES string of the molecule is CCSCC(C)N(C)C(=O)c1c[nH]c(=O)c2ccccc12. The third-order valence-corrected chi connectivity index (χ3v) is 4.71. The largest absolute Gasteiger partial charge is 0.338 e. The Morgan fingerprint density at radius 1 is 1.33 bits per heavy atom. The zero-order valence-corrected chi connectivity index (χ0v) is 13.4. The molecule has 1 amide bonds. The summed E-state index contributed by atoms with van der Waals surface area (Å²) in [5, 5.41) is 1.25. The van der Waals surface area contributed by atoms with Crippen LogP contribution in [0.25, 0.3) is 10.8 Å². The highest BCUT2D eigenvalue weighted by Crippen LogP contribution is 2.17. The van der Waals surface area contributed by atoms with E-state index in [2.05, 4.69) is 11.9 Å². The zero-order valence-electron chi connectivity index (χ0n) is 12.6. The van der Waals surface area contributed by atoms with Gasteiger partial charge in [0.1, 0.15) is 0 Å². The van der Waals surface area contributed by atoms with Gasteiger partial charge in [-0.05, 0) is 18.7 Å². The summed E-state index contributed by atoms with van der Waals surface area (Å²) >= 11 is 1.81. The van der Waals surface area contributed by atoms with Crippen LogP contribution >= 0.6 is 11.8 Å². The van der Waals surface area contributed by atoms with Gasteiger partial charge >= 0.3 is 0 Å². The first-order valence-corrected chi connectivity index (χ1v) is 8.17. The fraction of sp³-hybridized carbons (Fsp3) is 0.375. The molecular formula is C16H20N2O2S. The number of nitrogens with zero attached hydrogens (tertiary/aromatic N) is 1. The minimum atomic E-state index is -0.167. The summed E-state index contributed by atoms with van der Waals surface area (Å²) in [5.74, 6) is 1.88. The quantitative estimate of drug-likeness (QED) is 0.924. The number of benzene rings is 1. The van der Waals surface area contributed by atoms with Gasteiger partial charge < -0.3 is 9.88 Å². The Kier molecular flexibility index (Phi) is 5.07. The molecule has 21 heavy (non-hydrogen) atoms. The van der Waals surface area contributed by atoms with Crippen molar-refractivity contribution in [2.45, 2.75) is 19.9 Å². The number of carbonyl (C=O) groups is 1. The van der Waals surface area contributed by atoms with Crippen molar-refractivity contribution in [3.63, 3.8) is 0 Å². The van der Waals surface area contributed by atoms with E-state index >= 15 is 0 Å². The van der Waals surface area contributed by atoms with Gasteiger partial charge in [0, 0.05) is 35.8 Å². The number of pyridine rings is 1. The minimum absolute atomic E-state index is 0.0633. The Labute approximate surface area is 128 Å². The van der Waals surface area contributed by atoms with Crippen LogP contribution in [0.3, 0.4) is 0 Å². The van der Waals surface area contributed by atoms with Crippen LogP contribution in [0.1, 0.15) is 24.2 Å². The van der Waals surface area contributed by atoms with Gasteiger partial charge in [-0.15, -0.1) is 0 Å². The van der Waals surface area contributed by atoms with Gasteiger partial charge in [0.05, 0.1) is 5.56 Å². The summed E-state index contributed by atoms with van der Waals surface area (Å²) in [4.78, 5) is 28.9. The number of carbonyl (C=O) groups excluding carboxylic acids is 1. The van der Waals surface area contributed by atoms with Gasteiger partial charge in [0.25, 0.3) is 11.5 Å². The summed E-state index contributed by atoms with van der Waals surface area (Å²) in [7, 11) is 1.81. The van der Waals surface area contributed by atoms with Gasteiger partial charge in [-0.2, -0.15) is 11.8 Å². The summed E-state index contributed by atoms with van der Waals surface area (Å²) in [6, 6.07) is 7.34. The molecule has 1 aromatic heterocycles. The molecule has 0 fully saturated rings. The van der Waals surface area contributed by atoms with Crippen molar-refractivity contribution in [1.29, 1.82) is 0 Å². The first-order valence-electron chi connectivity index (χ1n) is 7.01. The average molecular weight is 304 g/mol. The third kappa shape index (κ3) is 3.29. The van der Waals surface area contributed by atoms with Crippen LogP contribution in [0.15, 0.2) is 35.3 Å². The maximum absolute atomic E-state index is 12.7. The molecule has 2 rings (SSSR count). The molecule has 1 atom stereocenters. The number of amides is 1. The van der Waals surface area contributed by atoms with Crippen LogP contribution in [0.4, 0.5) is 0 Å². The second-order valence-electron chi connectivity index (χ2n) is 5.00. The number of hydrogen-bond acceptors (Lipinski definition) is 3. The number of aromatic amines is 1. The standard InChI is InChI=1S/C16H20N2O2S/c1-4-21-10-11(2)18(3)16(20)14-9-17-15(19)13-8-6-5-7-12(13)14/h5-9,11H,4,10H2,1-3H3,(H,17,19). The highest BCUT2D eigenvalue weighted by molar-refractivity contribution is 7.99. The molecule has 0 aliphatic heterocycles. The normalized spacial score (nSPS) is 12.3. The van der Waals surface area contributed by atoms with E-state index in [1.807, 2.05) is 37.9 Å². The lowest BCUT2D eigenvalue weighted by molar-refractivity contribution is 0.0759. The van der Waals surface area contributed by atoms with Crippen molar-refractivity contribution >= 4 is 28.4 Å². The van der Waals surface area contributed by atoms with E-state index in [1.165, 1.54) is 6.20 Å². The smallest absolute Gasteiger partial charge is 0.255 e. The van der Waals surface area contributed by atoms with Crippen molar-refractivity contribution in [3.05, 3.63) is 46.4 Å². The fourth-order valence-corrected chi connectivity index (χ4v) is 2.98. The molecule has 1 unspecified atom stereocenters. The van der Waals surface area contributed by atoms with Gasteiger partial charge in [0.2, 0.25) is 0 Å². The van der Waals surface area contributed by atoms with E-state index in [-0.39, 0.29) is 17.5 Å². The third-order valence-electron chi connectivity index (χ3n) is 3.58. The van der Waals surface area contributed by atoms with Crippen LogP contribution in [0.5, 0.6) is 0 Å². The second kappa shape index (κ2) is 6.80. The molecule has 4 nitrogen and oxygen atoms in total. The lowest BCUT2D eigenvalue weighted by Crippen LogP contribution is -2.37. The van der Waals surface area contributed by atoms with Crippen LogP contribution < -0.4 is 5.56 Å². The summed E-state index contributed by atoms with van der Waals surface area (Å²) in [6.07, 6.45) is 1.52. The van der Waals surface area contributed by atoms with E-state index in [1.54, 1.807) is 17.0 Å². The highest BCUT2D eigenvalue weighted by Gasteiger charge is 2.20. The van der Waals surface area contributed by atoms with Crippen LogP contribution in [0, 0.1) is 0 Å². The van der Waals surface area contributed by atoms with Gasteiger partial charge in [-0.1, -0.05) is 25.1 Å². The van der Waals surface area contributed by atoms with Crippen molar-refractivity contribution < 1.29 is 4.79 Å². The summed E-state index contributed by atoms with van der Waals surface area (Å²) < 4.78 is 0. The van der Waals surface area contributed by atoms with Crippen LogP contribution in [0.2, 0.25) is 0 Å². The molecule has 0 aliphatic rings. The molecule has 1 aromatic carbocycles. The van der Waals surface area contributed by atoms with Gasteiger partial charge in [0.15, 0.2) is 0 Å².